The summed E-state index contributed by atoms with van der Waals surface area (Å²) in [5.41, 5.74) is 2.69. The second-order valence-electron chi connectivity index (χ2n) is 4.36. The van der Waals surface area contributed by atoms with Crippen LogP contribution in [0.15, 0.2) is 40.2 Å². The van der Waals surface area contributed by atoms with Gasteiger partial charge in [0.25, 0.3) is 0 Å². The van der Waals surface area contributed by atoms with E-state index in [1.54, 1.807) is 11.3 Å². The van der Waals surface area contributed by atoms with Crippen molar-refractivity contribution >= 4 is 27.3 Å². The van der Waals surface area contributed by atoms with Crippen molar-refractivity contribution in [3.05, 3.63) is 56.2 Å². The molecule has 0 fully saturated rings. The summed E-state index contributed by atoms with van der Waals surface area (Å²) in [5, 5.41) is 0. The van der Waals surface area contributed by atoms with Crippen LogP contribution < -0.4 is 0 Å². The standard InChI is InChI=1S/C14H16BrNS/c1-11-3-5-12(6-4-11)9-16(2)10-13-7-8-14(15)17-13/h3-8H,9-10H2,1-2H3. The molecule has 0 aliphatic carbocycles. The van der Waals surface area contributed by atoms with Crippen molar-refractivity contribution < 1.29 is 0 Å². The Kier molecular flexibility index (Phi) is 4.37. The van der Waals surface area contributed by atoms with Crippen LogP contribution in [0.4, 0.5) is 0 Å². The maximum Gasteiger partial charge on any atom is 0.0701 e. The van der Waals surface area contributed by atoms with Crippen molar-refractivity contribution in [2.75, 3.05) is 7.05 Å². The second-order valence-corrected chi connectivity index (χ2v) is 6.91. The van der Waals surface area contributed by atoms with E-state index in [-0.39, 0.29) is 0 Å². The summed E-state index contributed by atoms with van der Waals surface area (Å²) in [4.78, 5) is 3.73. The first-order chi connectivity index (χ1) is 8.13. The first-order valence-corrected chi connectivity index (χ1v) is 7.23. The molecule has 0 saturated carbocycles. The van der Waals surface area contributed by atoms with E-state index in [0.717, 1.165) is 13.1 Å². The summed E-state index contributed by atoms with van der Waals surface area (Å²) in [6, 6.07) is 13.0. The van der Waals surface area contributed by atoms with Crippen molar-refractivity contribution in [1.29, 1.82) is 0 Å². The molecule has 0 bridgehead atoms. The molecule has 1 aromatic heterocycles. The zero-order valence-corrected chi connectivity index (χ0v) is 12.5. The van der Waals surface area contributed by atoms with Gasteiger partial charge in [-0.05, 0) is 47.6 Å². The molecule has 17 heavy (non-hydrogen) atoms. The lowest BCUT2D eigenvalue weighted by molar-refractivity contribution is 0.322. The van der Waals surface area contributed by atoms with Crippen LogP contribution in [-0.4, -0.2) is 11.9 Å². The molecular weight excluding hydrogens is 294 g/mol. The van der Waals surface area contributed by atoms with Crippen LogP contribution in [0.25, 0.3) is 0 Å². The number of hydrogen-bond acceptors (Lipinski definition) is 2. The number of hydrogen-bond donors (Lipinski definition) is 0. The van der Waals surface area contributed by atoms with E-state index in [1.165, 1.54) is 19.8 Å². The molecule has 0 spiro atoms. The van der Waals surface area contributed by atoms with E-state index in [9.17, 15) is 0 Å². The summed E-state index contributed by atoms with van der Waals surface area (Å²) in [7, 11) is 2.16. The Morgan fingerprint density at radius 1 is 1.06 bits per heavy atom. The summed E-state index contributed by atoms with van der Waals surface area (Å²) < 4.78 is 1.20. The number of thiophene rings is 1. The SMILES string of the molecule is Cc1ccc(CN(C)Cc2ccc(Br)s2)cc1. The molecule has 0 saturated heterocycles. The minimum absolute atomic E-state index is 0.996. The van der Waals surface area contributed by atoms with Gasteiger partial charge in [0.1, 0.15) is 0 Å². The lowest BCUT2D eigenvalue weighted by Gasteiger charge is -2.15. The van der Waals surface area contributed by atoms with Crippen LogP contribution in [0.2, 0.25) is 0 Å². The van der Waals surface area contributed by atoms with Crippen molar-refractivity contribution in [3.63, 3.8) is 0 Å². The van der Waals surface area contributed by atoms with Gasteiger partial charge in [-0.25, -0.2) is 0 Å². The summed E-state index contributed by atoms with van der Waals surface area (Å²) >= 11 is 5.30. The van der Waals surface area contributed by atoms with Gasteiger partial charge in [0.15, 0.2) is 0 Å². The Morgan fingerprint density at radius 3 is 2.35 bits per heavy atom. The van der Waals surface area contributed by atoms with E-state index in [2.05, 4.69) is 71.2 Å². The number of rotatable bonds is 4. The number of aryl methyl sites for hydroxylation is 1. The molecule has 3 heteroatoms. The third-order valence-corrected chi connectivity index (χ3v) is 4.24. The zero-order valence-electron chi connectivity index (χ0n) is 10.1. The first-order valence-electron chi connectivity index (χ1n) is 5.62. The molecular formula is C14H16BrNS. The molecule has 1 aromatic carbocycles. The number of benzene rings is 1. The molecule has 0 aliphatic rings. The maximum atomic E-state index is 3.50. The van der Waals surface area contributed by atoms with Crippen molar-refractivity contribution in [2.24, 2.45) is 0 Å². The average Bonchev–Trinajstić information content (AvgIpc) is 2.67. The normalized spacial score (nSPS) is 11.1. The van der Waals surface area contributed by atoms with Gasteiger partial charge in [-0.2, -0.15) is 0 Å². The van der Waals surface area contributed by atoms with E-state index >= 15 is 0 Å². The van der Waals surface area contributed by atoms with Gasteiger partial charge >= 0.3 is 0 Å². The Labute approximate surface area is 115 Å². The summed E-state index contributed by atoms with van der Waals surface area (Å²) in [5.74, 6) is 0. The second kappa shape index (κ2) is 5.80. The Balaban J connectivity index is 1.93. The molecule has 90 valence electrons. The van der Waals surface area contributed by atoms with Crippen molar-refractivity contribution in [1.82, 2.24) is 4.90 Å². The van der Waals surface area contributed by atoms with Gasteiger partial charge in [0.05, 0.1) is 3.79 Å². The molecule has 0 aliphatic heterocycles. The predicted octanol–water partition coefficient (Wildman–Crippen LogP) is 4.45. The van der Waals surface area contributed by atoms with Gasteiger partial charge in [-0.15, -0.1) is 11.3 Å². The highest BCUT2D eigenvalue weighted by Crippen LogP contribution is 2.23. The predicted molar refractivity (Wildman–Crippen MR) is 78.4 cm³/mol. The van der Waals surface area contributed by atoms with E-state index in [1.807, 2.05) is 0 Å². The monoisotopic (exact) mass is 309 g/mol. The van der Waals surface area contributed by atoms with Gasteiger partial charge in [0.2, 0.25) is 0 Å². The fraction of sp³-hybridized carbons (Fsp3) is 0.286. The van der Waals surface area contributed by atoms with Crippen LogP contribution >= 0.6 is 27.3 Å². The highest BCUT2D eigenvalue weighted by Gasteiger charge is 2.03. The third kappa shape index (κ3) is 3.95. The lowest BCUT2D eigenvalue weighted by atomic mass is 10.1. The molecule has 0 amide bonds. The van der Waals surface area contributed by atoms with Crippen LogP contribution in [0.1, 0.15) is 16.0 Å². The molecule has 0 atom stereocenters. The van der Waals surface area contributed by atoms with Gasteiger partial charge < -0.3 is 0 Å². The van der Waals surface area contributed by atoms with Crippen molar-refractivity contribution in [3.8, 4) is 0 Å². The first kappa shape index (κ1) is 12.8. The van der Waals surface area contributed by atoms with Crippen LogP contribution in [0.5, 0.6) is 0 Å². The Morgan fingerprint density at radius 2 is 1.76 bits per heavy atom. The van der Waals surface area contributed by atoms with E-state index < -0.39 is 0 Å². The zero-order chi connectivity index (χ0) is 12.3. The van der Waals surface area contributed by atoms with E-state index in [4.69, 9.17) is 0 Å². The van der Waals surface area contributed by atoms with Crippen LogP contribution in [0, 0.1) is 6.92 Å². The van der Waals surface area contributed by atoms with Crippen molar-refractivity contribution in [2.45, 2.75) is 20.0 Å². The highest BCUT2D eigenvalue weighted by atomic mass is 79.9. The average molecular weight is 310 g/mol. The molecule has 2 rings (SSSR count). The molecule has 2 aromatic rings. The van der Waals surface area contributed by atoms with Gasteiger partial charge in [-0.1, -0.05) is 29.8 Å². The topological polar surface area (TPSA) is 3.24 Å². The number of halogens is 1. The minimum atomic E-state index is 0.996. The van der Waals surface area contributed by atoms with Gasteiger partial charge in [0, 0.05) is 18.0 Å². The smallest absolute Gasteiger partial charge is 0.0701 e. The quantitative estimate of drug-likeness (QED) is 0.806. The third-order valence-electron chi connectivity index (χ3n) is 2.63. The minimum Gasteiger partial charge on any atom is -0.297 e. The lowest BCUT2D eigenvalue weighted by Crippen LogP contribution is -2.16. The maximum absolute atomic E-state index is 3.50. The molecule has 1 heterocycles. The van der Waals surface area contributed by atoms with Gasteiger partial charge in [-0.3, -0.25) is 4.90 Å². The Bertz CT molecular complexity index is 475. The molecule has 1 nitrogen and oxygen atoms in total. The van der Waals surface area contributed by atoms with Crippen LogP contribution in [0.3, 0.4) is 0 Å². The summed E-state index contributed by atoms with van der Waals surface area (Å²) in [6.45, 7) is 4.12. The molecule has 0 N–H and O–H groups in total. The Hall–Kier alpha value is -0.640. The fourth-order valence-corrected chi connectivity index (χ4v) is 3.33. The molecule has 0 radical (unpaired) electrons. The summed E-state index contributed by atoms with van der Waals surface area (Å²) in [6.07, 6.45) is 0. The largest absolute Gasteiger partial charge is 0.297 e. The van der Waals surface area contributed by atoms with Crippen LogP contribution in [-0.2, 0) is 13.1 Å². The van der Waals surface area contributed by atoms with E-state index in [0.29, 0.717) is 0 Å². The fourth-order valence-electron chi connectivity index (χ4n) is 1.76. The molecule has 0 unspecified atom stereocenters. The highest BCUT2D eigenvalue weighted by molar-refractivity contribution is 9.11. The number of nitrogens with zero attached hydrogens (tertiary/aromatic N) is 1.